The highest BCUT2D eigenvalue weighted by molar-refractivity contribution is 5.96. The van der Waals surface area contributed by atoms with Crippen LogP contribution in [0.15, 0.2) is 30.7 Å². The molecule has 1 saturated heterocycles. The number of carbonyl (C=O) groups excluding carboxylic acids is 1. The summed E-state index contributed by atoms with van der Waals surface area (Å²) >= 11 is 0. The van der Waals surface area contributed by atoms with Gasteiger partial charge in [-0.2, -0.15) is 5.10 Å². The third-order valence-electron chi connectivity index (χ3n) is 4.79. The smallest absolute Gasteiger partial charge is 0.259 e. The second-order valence-corrected chi connectivity index (χ2v) is 7.26. The minimum absolute atomic E-state index is 0.0135. The van der Waals surface area contributed by atoms with Crippen LogP contribution in [0.3, 0.4) is 0 Å². The maximum atomic E-state index is 12.9. The van der Waals surface area contributed by atoms with E-state index in [0.29, 0.717) is 29.9 Å². The van der Waals surface area contributed by atoms with Crippen LogP contribution < -0.4 is 4.74 Å². The quantitative estimate of drug-likeness (QED) is 0.796. The lowest BCUT2D eigenvalue weighted by atomic mass is 9.91. The van der Waals surface area contributed by atoms with Gasteiger partial charge >= 0.3 is 0 Å². The molecule has 0 aliphatic carbocycles. The number of hydrogen-bond donors (Lipinski definition) is 0. The van der Waals surface area contributed by atoms with Crippen LogP contribution in [-0.2, 0) is 6.54 Å². The second-order valence-electron chi connectivity index (χ2n) is 7.26. The fourth-order valence-corrected chi connectivity index (χ4v) is 3.26. The summed E-state index contributed by atoms with van der Waals surface area (Å²) in [5, 5.41) is 4.37. The Labute approximate surface area is 155 Å². The number of ether oxygens (including phenoxy) is 1. The molecule has 0 N–H and O–H groups in total. The number of aromatic nitrogens is 3. The number of likely N-dealkylation sites (tertiary alicyclic amines) is 1. The highest BCUT2D eigenvalue weighted by Crippen LogP contribution is 2.29. The molecule has 0 atom stereocenters. The molecule has 0 unspecified atom stereocenters. The molecule has 1 amide bonds. The number of amides is 1. The first-order valence-corrected chi connectivity index (χ1v) is 9.48. The van der Waals surface area contributed by atoms with E-state index < -0.39 is 0 Å². The Morgan fingerprint density at radius 2 is 2.12 bits per heavy atom. The molecule has 0 spiro atoms. The molecule has 6 heteroatoms. The molecule has 2 aromatic rings. The summed E-state index contributed by atoms with van der Waals surface area (Å²) in [5.74, 6) is 1.32. The lowest BCUT2D eigenvalue weighted by Crippen LogP contribution is -2.38. The molecule has 3 heterocycles. The van der Waals surface area contributed by atoms with Crippen LogP contribution in [-0.4, -0.2) is 45.3 Å². The van der Waals surface area contributed by atoms with E-state index in [9.17, 15) is 4.79 Å². The maximum Gasteiger partial charge on any atom is 0.259 e. The van der Waals surface area contributed by atoms with Crippen molar-refractivity contribution in [3.8, 4) is 5.88 Å². The third-order valence-corrected chi connectivity index (χ3v) is 4.79. The highest BCUT2D eigenvalue weighted by atomic mass is 16.5. The van der Waals surface area contributed by atoms with Gasteiger partial charge in [-0.15, -0.1) is 0 Å². The van der Waals surface area contributed by atoms with E-state index in [1.807, 2.05) is 21.8 Å². The van der Waals surface area contributed by atoms with Gasteiger partial charge in [0, 0.05) is 32.0 Å². The predicted molar refractivity (Wildman–Crippen MR) is 100 cm³/mol. The van der Waals surface area contributed by atoms with Crippen LogP contribution >= 0.6 is 0 Å². The van der Waals surface area contributed by atoms with Crippen LogP contribution in [0.1, 0.15) is 55.5 Å². The van der Waals surface area contributed by atoms with E-state index in [1.165, 1.54) is 5.56 Å². The van der Waals surface area contributed by atoms with Gasteiger partial charge in [-0.25, -0.2) is 4.98 Å². The molecule has 1 aliphatic heterocycles. The van der Waals surface area contributed by atoms with Crippen LogP contribution in [0.5, 0.6) is 5.88 Å². The normalized spacial score (nSPS) is 15.5. The van der Waals surface area contributed by atoms with E-state index in [1.54, 1.807) is 12.3 Å². The fourth-order valence-electron chi connectivity index (χ4n) is 3.26. The SMILES string of the molecule is CCn1cc(C2CCN(C(=O)c3cccnc3OCC(C)C)CC2)cn1. The molecule has 0 saturated carbocycles. The summed E-state index contributed by atoms with van der Waals surface area (Å²) in [6.45, 7) is 9.19. The van der Waals surface area contributed by atoms with Gasteiger partial charge in [-0.05, 0) is 49.3 Å². The van der Waals surface area contributed by atoms with Crippen molar-refractivity contribution in [2.45, 2.75) is 46.1 Å². The van der Waals surface area contributed by atoms with Gasteiger partial charge in [-0.3, -0.25) is 9.48 Å². The Bertz CT molecular complexity index is 733. The van der Waals surface area contributed by atoms with Gasteiger partial charge in [0.1, 0.15) is 5.56 Å². The summed E-state index contributed by atoms with van der Waals surface area (Å²) in [5.41, 5.74) is 1.84. The topological polar surface area (TPSA) is 60.2 Å². The summed E-state index contributed by atoms with van der Waals surface area (Å²) in [4.78, 5) is 19.1. The van der Waals surface area contributed by atoms with Crippen LogP contribution in [0, 0.1) is 5.92 Å². The molecule has 3 rings (SSSR count). The second kappa shape index (κ2) is 8.34. The average Bonchev–Trinajstić information content (AvgIpc) is 3.15. The lowest BCUT2D eigenvalue weighted by Gasteiger charge is -2.32. The fraction of sp³-hybridized carbons (Fsp3) is 0.550. The van der Waals surface area contributed by atoms with Crippen molar-refractivity contribution >= 4 is 5.91 Å². The minimum atomic E-state index is 0.0135. The standard InChI is InChI=1S/C20H28N4O2/c1-4-24-13-17(12-22-24)16-7-10-23(11-8-16)20(25)18-6-5-9-21-19(18)26-14-15(2)3/h5-6,9,12-13,15-16H,4,7-8,10-11,14H2,1-3H3. The maximum absolute atomic E-state index is 12.9. The highest BCUT2D eigenvalue weighted by Gasteiger charge is 2.27. The molecule has 1 aliphatic rings. The van der Waals surface area contributed by atoms with Crippen LogP contribution in [0.25, 0.3) is 0 Å². The van der Waals surface area contributed by atoms with Crippen LogP contribution in [0.4, 0.5) is 0 Å². The first kappa shape index (κ1) is 18.4. The molecular weight excluding hydrogens is 328 g/mol. The van der Waals surface area contributed by atoms with E-state index >= 15 is 0 Å². The van der Waals surface area contributed by atoms with E-state index in [2.05, 4.69) is 37.1 Å². The third kappa shape index (κ3) is 4.23. The van der Waals surface area contributed by atoms with Gasteiger partial charge in [0.15, 0.2) is 0 Å². The van der Waals surface area contributed by atoms with Gasteiger partial charge in [0.25, 0.3) is 5.91 Å². The molecule has 26 heavy (non-hydrogen) atoms. The van der Waals surface area contributed by atoms with Crippen molar-refractivity contribution in [2.75, 3.05) is 19.7 Å². The van der Waals surface area contributed by atoms with Crippen molar-refractivity contribution in [1.82, 2.24) is 19.7 Å². The largest absolute Gasteiger partial charge is 0.477 e. The van der Waals surface area contributed by atoms with Gasteiger partial charge in [0.2, 0.25) is 5.88 Å². The Morgan fingerprint density at radius 3 is 2.77 bits per heavy atom. The van der Waals surface area contributed by atoms with Crippen molar-refractivity contribution in [2.24, 2.45) is 5.92 Å². The first-order chi connectivity index (χ1) is 12.6. The molecule has 140 valence electrons. The number of nitrogens with zero attached hydrogens (tertiary/aromatic N) is 4. The van der Waals surface area contributed by atoms with E-state index in [0.717, 1.165) is 32.5 Å². The molecule has 6 nitrogen and oxygen atoms in total. The van der Waals surface area contributed by atoms with Crippen molar-refractivity contribution < 1.29 is 9.53 Å². The monoisotopic (exact) mass is 356 g/mol. The number of rotatable bonds is 6. The zero-order valence-electron chi connectivity index (χ0n) is 15.9. The van der Waals surface area contributed by atoms with Crippen LogP contribution in [0.2, 0.25) is 0 Å². The Kier molecular flexibility index (Phi) is 5.91. The van der Waals surface area contributed by atoms with Crippen molar-refractivity contribution in [1.29, 1.82) is 0 Å². The molecule has 0 bridgehead atoms. The first-order valence-electron chi connectivity index (χ1n) is 9.48. The zero-order valence-corrected chi connectivity index (χ0v) is 15.9. The van der Waals surface area contributed by atoms with Gasteiger partial charge in [0.05, 0.1) is 12.8 Å². The summed E-state index contributed by atoms with van der Waals surface area (Å²) < 4.78 is 7.71. The molecule has 0 aromatic carbocycles. The average molecular weight is 356 g/mol. The van der Waals surface area contributed by atoms with E-state index in [4.69, 9.17) is 4.74 Å². The molecule has 1 fully saturated rings. The van der Waals surface area contributed by atoms with Crippen molar-refractivity contribution in [3.05, 3.63) is 41.9 Å². The molecule has 0 radical (unpaired) electrons. The van der Waals surface area contributed by atoms with Gasteiger partial charge in [-0.1, -0.05) is 13.8 Å². The minimum Gasteiger partial charge on any atom is -0.477 e. The predicted octanol–water partition coefficient (Wildman–Crippen LogP) is 3.35. The number of piperidine rings is 1. The van der Waals surface area contributed by atoms with E-state index in [-0.39, 0.29) is 5.91 Å². The Morgan fingerprint density at radius 1 is 1.35 bits per heavy atom. The van der Waals surface area contributed by atoms with Crippen molar-refractivity contribution in [3.63, 3.8) is 0 Å². The summed E-state index contributed by atoms with van der Waals surface area (Å²) in [7, 11) is 0. The number of aryl methyl sites for hydroxylation is 1. The zero-order chi connectivity index (χ0) is 18.5. The molecule has 2 aromatic heterocycles. The number of hydrogen-bond acceptors (Lipinski definition) is 4. The molecular formula is C20H28N4O2. The Balaban J connectivity index is 1.63. The Hall–Kier alpha value is -2.37. The summed E-state index contributed by atoms with van der Waals surface area (Å²) in [6, 6.07) is 3.60. The number of pyridine rings is 1. The lowest BCUT2D eigenvalue weighted by molar-refractivity contribution is 0.0706. The number of carbonyl (C=O) groups is 1. The summed E-state index contributed by atoms with van der Waals surface area (Å²) in [6.07, 6.45) is 7.68. The van der Waals surface area contributed by atoms with Gasteiger partial charge < -0.3 is 9.64 Å².